The average Bonchev–Trinajstić information content (AvgIpc) is 3.23. The first-order chi connectivity index (χ1) is 14.1. The summed E-state index contributed by atoms with van der Waals surface area (Å²) in [6.45, 7) is 0.988. The molecule has 2 aromatic carbocycles. The number of carbonyl (C=O) groups excluding carboxylic acids is 2. The number of amides is 2. The summed E-state index contributed by atoms with van der Waals surface area (Å²) in [4.78, 5) is 26.8. The minimum Gasteiger partial charge on any atom is -0.449 e. The largest absolute Gasteiger partial charge is 0.449 e. The topological polar surface area (TPSA) is 67.9 Å². The minimum atomic E-state index is -0.458. The third kappa shape index (κ3) is 4.46. The van der Waals surface area contributed by atoms with Gasteiger partial charge in [-0.3, -0.25) is 14.5 Å². The van der Waals surface area contributed by atoms with E-state index in [1.807, 2.05) is 0 Å². The summed E-state index contributed by atoms with van der Waals surface area (Å²) >= 11 is 0. The molecule has 1 saturated heterocycles. The van der Waals surface area contributed by atoms with Crippen molar-refractivity contribution in [3.8, 4) is 5.75 Å². The normalized spacial score (nSPS) is 19.8. The van der Waals surface area contributed by atoms with Crippen LogP contribution in [-0.2, 0) is 14.3 Å². The lowest BCUT2D eigenvalue weighted by Gasteiger charge is -2.30. The Balaban J connectivity index is 1.54. The van der Waals surface area contributed by atoms with Gasteiger partial charge >= 0.3 is 0 Å². The molecule has 1 N–H and O–H groups in total. The maximum Gasteiger partial charge on any atom is 0.294 e. The molecular weight excluding hydrogens is 375 g/mol. The van der Waals surface area contributed by atoms with Crippen LogP contribution in [0.3, 0.4) is 0 Å². The first kappa shape index (κ1) is 19.1. The van der Waals surface area contributed by atoms with Gasteiger partial charge in [-0.1, -0.05) is 24.3 Å². The molecule has 0 aliphatic carbocycles. The van der Waals surface area contributed by atoms with E-state index >= 15 is 0 Å². The lowest BCUT2D eigenvalue weighted by atomic mass is 10.1. The number of carbonyl (C=O) groups is 2. The van der Waals surface area contributed by atoms with Crippen LogP contribution in [-0.4, -0.2) is 37.6 Å². The van der Waals surface area contributed by atoms with Gasteiger partial charge in [0.25, 0.3) is 5.91 Å². The lowest BCUT2D eigenvalue weighted by Crippen LogP contribution is -2.45. The van der Waals surface area contributed by atoms with Crippen molar-refractivity contribution in [2.75, 3.05) is 24.6 Å². The van der Waals surface area contributed by atoms with Crippen LogP contribution in [0.5, 0.6) is 5.75 Å². The molecule has 1 unspecified atom stereocenters. The molecule has 2 aliphatic rings. The highest BCUT2D eigenvalue weighted by Crippen LogP contribution is 2.35. The average molecular weight is 396 g/mol. The summed E-state index contributed by atoms with van der Waals surface area (Å²) in [5, 5.41) is 2.83. The molecule has 0 saturated carbocycles. The summed E-state index contributed by atoms with van der Waals surface area (Å²) in [5.74, 6) is -0.660. The maximum absolute atomic E-state index is 13.5. The number of nitrogens with zero attached hydrogens (tertiary/aromatic N) is 1. The Hall–Kier alpha value is -3.19. The molecule has 29 heavy (non-hydrogen) atoms. The highest BCUT2D eigenvalue weighted by atomic mass is 19.1. The zero-order valence-corrected chi connectivity index (χ0v) is 15.8. The second kappa shape index (κ2) is 8.45. The Kier molecular flexibility index (Phi) is 5.57. The molecule has 4 rings (SSSR count). The quantitative estimate of drug-likeness (QED) is 0.790. The first-order valence-electron chi connectivity index (χ1n) is 9.54. The number of benzene rings is 2. The van der Waals surface area contributed by atoms with Crippen LogP contribution in [0.25, 0.3) is 6.08 Å². The van der Waals surface area contributed by atoms with E-state index in [1.165, 1.54) is 23.1 Å². The summed E-state index contributed by atoms with van der Waals surface area (Å²) in [6.07, 6.45) is 3.40. The van der Waals surface area contributed by atoms with Crippen molar-refractivity contribution < 1.29 is 23.5 Å². The highest BCUT2D eigenvalue weighted by Gasteiger charge is 2.31. The zero-order chi connectivity index (χ0) is 20.2. The van der Waals surface area contributed by atoms with Crippen LogP contribution in [0.15, 0.2) is 54.3 Å². The predicted octanol–water partition coefficient (Wildman–Crippen LogP) is 2.89. The summed E-state index contributed by atoms with van der Waals surface area (Å²) in [6, 6.07) is 12.9. The third-order valence-corrected chi connectivity index (χ3v) is 4.83. The molecule has 2 amide bonds. The van der Waals surface area contributed by atoms with Crippen molar-refractivity contribution in [1.82, 2.24) is 5.32 Å². The fourth-order valence-electron chi connectivity index (χ4n) is 3.40. The molecule has 150 valence electrons. The first-order valence-corrected chi connectivity index (χ1v) is 9.54. The van der Waals surface area contributed by atoms with E-state index in [9.17, 15) is 14.0 Å². The van der Waals surface area contributed by atoms with Crippen molar-refractivity contribution in [2.45, 2.75) is 18.9 Å². The molecule has 0 radical (unpaired) electrons. The van der Waals surface area contributed by atoms with Gasteiger partial charge in [-0.15, -0.1) is 0 Å². The number of nitrogens with one attached hydrogen (secondary N) is 1. The molecule has 7 heteroatoms. The molecule has 0 aromatic heterocycles. The van der Waals surface area contributed by atoms with Gasteiger partial charge in [0, 0.05) is 13.2 Å². The number of anilines is 1. The van der Waals surface area contributed by atoms with Crippen LogP contribution in [0.1, 0.15) is 18.4 Å². The standard InChI is InChI=1S/C22H21FN2O4/c23-16-6-3-5-15(11-16)12-20-22(27)25(18-8-1-2-9-19(18)29-20)14-21(26)24-13-17-7-4-10-28-17/h1-3,5-6,8-9,11-12,17H,4,7,10,13-14H2,(H,24,26)/b20-12+. The van der Waals surface area contributed by atoms with Gasteiger partial charge in [-0.25, -0.2) is 4.39 Å². The van der Waals surface area contributed by atoms with Gasteiger partial charge in [0.1, 0.15) is 12.4 Å². The number of ether oxygens (including phenoxy) is 2. The van der Waals surface area contributed by atoms with E-state index in [-0.39, 0.29) is 24.3 Å². The zero-order valence-electron chi connectivity index (χ0n) is 15.8. The summed E-state index contributed by atoms with van der Waals surface area (Å²) < 4.78 is 24.7. The van der Waals surface area contributed by atoms with Gasteiger partial charge in [-0.2, -0.15) is 0 Å². The van der Waals surface area contributed by atoms with Crippen molar-refractivity contribution in [1.29, 1.82) is 0 Å². The van der Waals surface area contributed by atoms with E-state index in [2.05, 4.69) is 5.32 Å². The second-order valence-electron chi connectivity index (χ2n) is 6.96. The molecule has 1 fully saturated rings. The Morgan fingerprint density at radius 2 is 2.10 bits per heavy atom. The van der Waals surface area contributed by atoms with E-state index in [1.54, 1.807) is 36.4 Å². The van der Waals surface area contributed by atoms with E-state index in [4.69, 9.17) is 9.47 Å². The van der Waals surface area contributed by atoms with Crippen LogP contribution in [0, 0.1) is 5.82 Å². The Morgan fingerprint density at radius 1 is 1.24 bits per heavy atom. The monoisotopic (exact) mass is 396 g/mol. The molecule has 2 aliphatic heterocycles. The number of halogens is 1. The van der Waals surface area contributed by atoms with Gasteiger partial charge in [0.2, 0.25) is 5.91 Å². The Bertz CT molecular complexity index is 953. The van der Waals surface area contributed by atoms with Crippen molar-refractivity contribution in [3.05, 3.63) is 65.7 Å². The van der Waals surface area contributed by atoms with Gasteiger partial charge in [0.05, 0.1) is 11.8 Å². The molecule has 2 aromatic rings. The maximum atomic E-state index is 13.5. The molecule has 6 nitrogen and oxygen atoms in total. The van der Waals surface area contributed by atoms with Crippen molar-refractivity contribution in [2.24, 2.45) is 0 Å². The highest BCUT2D eigenvalue weighted by molar-refractivity contribution is 6.12. The third-order valence-electron chi connectivity index (χ3n) is 4.83. The minimum absolute atomic E-state index is 0.0232. The molecule has 0 spiro atoms. The molecule has 2 heterocycles. The molecule has 0 bridgehead atoms. The second-order valence-corrected chi connectivity index (χ2v) is 6.96. The van der Waals surface area contributed by atoms with Gasteiger partial charge in [-0.05, 0) is 48.7 Å². The number of fused-ring (bicyclic) bond motifs is 1. The fourth-order valence-corrected chi connectivity index (χ4v) is 3.40. The van der Waals surface area contributed by atoms with Gasteiger partial charge in [0.15, 0.2) is 11.5 Å². The van der Waals surface area contributed by atoms with Crippen LogP contribution in [0.2, 0.25) is 0 Å². The van der Waals surface area contributed by atoms with Crippen LogP contribution < -0.4 is 15.0 Å². The van der Waals surface area contributed by atoms with Crippen molar-refractivity contribution in [3.63, 3.8) is 0 Å². The number of hydrogen-bond donors (Lipinski definition) is 1. The van der Waals surface area contributed by atoms with Crippen LogP contribution >= 0.6 is 0 Å². The van der Waals surface area contributed by atoms with Crippen LogP contribution in [0.4, 0.5) is 10.1 Å². The number of rotatable bonds is 5. The number of para-hydroxylation sites is 2. The molecular formula is C22H21FN2O4. The van der Waals surface area contributed by atoms with Crippen molar-refractivity contribution >= 4 is 23.6 Å². The fraction of sp³-hybridized carbons (Fsp3) is 0.273. The van der Waals surface area contributed by atoms with E-state index < -0.39 is 11.7 Å². The Labute approximate surface area is 167 Å². The molecule has 1 atom stereocenters. The van der Waals surface area contributed by atoms with Gasteiger partial charge < -0.3 is 14.8 Å². The SMILES string of the molecule is O=C(CN1C(=O)/C(=C\c2cccc(F)c2)Oc2ccccc21)NCC1CCCO1. The smallest absolute Gasteiger partial charge is 0.294 e. The number of hydrogen-bond acceptors (Lipinski definition) is 4. The summed E-state index contributed by atoms with van der Waals surface area (Å²) in [5.41, 5.74) is 1.01. The van der Waals surface area contributed by atoms with E-state index in [0.717, 1.165) is 12.8 Å². The Morgan fingerprint density at radius 3 is 2.90 bits per heavy atom. The lowest BCUT2D eigenvalue weighted by molar-refractivity contribution is -0.123. The summed E-state index contributed by atoms with van der Waals surface area (Å²) in [7, 11) is 0. The van der Waals surface area contributed by atoms with E-state index in [0.29, 0.717) is 30.2 Å². The predicted molar refractivity (Wildman–Crippen MR) is 106 cm³/mol.